The highest BCUT2D eigenvalue weighted by Crippen LogP contribution is 2.30. The number of nitrogens with one attached hydrogen (secondary N) is 1. The van der Waals surface area contributed by atoms with E-state index in [1.807, 2.05) is 0 Å². The van der Waals surface area contributed by atoms with Crippen molar-refractivity contribution in [3.63, 3.8) is 0 Å². The molecule has 0 aromatic heterocycles. The zero-order chi connectivity index (χ0) is 15.0. The fourth-order valence-corrected chi connectivity index (χ4v) is 2.50. The van der Waals surface area contributed by atoms with Crippen molar-refractivity contribution >= 4 is 5.91 Å². The molecule has 0 saturated heterocycles. The van der Waals surface area contributed by atoms with Crippen LogP contribution in [-0.4, -0.2) is 30.5 Å². The number of ether oxygens (including phenoxy) is 1. The van der Waals surface area contributed by atoms with Gasteiger partial charge in [-0.1, -0.05) is 39.5 Å². The molecule has 2 atom stereocenters. The number of amides is 1. The Hall–Kier alpha value is -0.650. The van der Waals surface area contributed by atoms with Crippen LogP contribution < -0.4 is 5.48 Å². The highest BCUT2D eigenvalue weighted by molar-refractivity contribution is 5.77. The average Bonchev–Trinajstić information content (AvgIpc) is 2.92. The Morgan fingerprint density at radius 3 is 2.50 bits per heavy atom. The van der Waals surface area contributed by atoms with Crippen molar-refractivity contribution in [3.05, 3.63) is 0 Å². The lowest BCUT2D eigenvalue weighted by Crippen LogP contribution is -2.36. The van der Waals surface area contributed by atoms with Crippen LogP contribution in [0.2, 0.25) is 0 Å². The second-order valence-corrected chi connectivity index (χ2v) is 6.14. The molecule has 1 rings (SSSR count). The standard InChI is InChI=1S/C15H29NO4/c1-11(2)10-19-12(3)20-16-15(18)14(9-17)8-13-6-4-5-7-13/h11-14,17H,4-10H2,1-3H3,(H,16,18)/t12?,14-/m1/s1. The van der Waals surface area contributed by atoms with Crippen molar-refractivity contribution in [3.8, 4) is 0 Å². The van der Waals surface area contributed by atoms with Gasteiger partial charge in [-0.2, -0.15) is 0 Å². The van der Waals surface area contributed by atoms with Gasteiger partial charge in [-0.05, 0) is 25.2 Å². The van der Waals surface area contributed by atoms with Gasteiger partial charge >= 0.3 is 0 Å². The number of aliphatic hydroxyl groups excluding tert-OH is 1. The Morgan fingerprint density at radius 1 is 1.30 bits per heavy atom. The van der Waals surface area contributed by atoms with Crippen LogP contribution in [0.15, 0.2) is 0 Å². The number of hydrogen-bond donors (Lipinski definition) is 2. The fraction of sp³-hybridized carbons (Fsp3) is 0.933. The van der Waals surface area contributed by atoms with Crippen LogP contribution >= 0.6 is 0 Å². The van der Waals surface area contributed by atoms with Crippen molar-refractivity contribution < 1.29 is 19.5 Å². The molecule has 118 valence electrons. The van der Waals surface area contributed by atoms with Gasteiger partial charge in [-0.3, -0.25) is 4.79 Å². The summed E-state index contributed by atoms with van der Waals surface area (Å²) in [5.41, 5.74) is 2.41. The molecule has 5 heteroatoms. The van der Waals surface area contributed by atoms with E-state index in [9.17, 15) is 9.90 Å². The van der Waals surface area contributed by atoms with Crippen molar-refractivity contribution in [2.45, 2.75) is 59.2 Å². The number of hydrogen-bond acceptors (Lipinski definition) is 4. The second kappa shape index (κ2) is 9.32. The van der Waals surface area contributed by atoms with Gasteiger partial charge < -0.3 is 9.84 Å². The predicted octanol–water partition coefficient (Wildman–Crippen LogP) is 2.24. The summed E-state index contributed by atoms with van der Waals surface area (Å²) in [7, 11) is 0. The Kier molecular flexibility index (Phi) is 8.11. The molecular formula is C15H29NO4. The summed E-state index contributed by atoms with van der Waals surface area (Å²) in [5, 5.41) is 9.35. The zero-order valence-electron chi connectivity index (χ0n) is 12.9. The lowest BCUT2D eigenvalue weighted by Gasteiger charge is -2.20. The molecule has 0 aliphatic heterocycles. The first-order valence-electron chi connectivity index (χ1n) is 7.70. The minimum Gasteiger partial charge on any atom is -0.396 e. The fourth-order valence-electron chi connectivity index (χ4n) is 2.50. The molecule has 0 bridgehead atoms. The third-order valence-corrected chi connectivity index (χ3v) is 3.67. The molecule has 0 aromatic carbocycles. The molecule has 0 spiro atoms. The molecule has 1 aliphatic carbocycles. The average molecular weight is 287 g/mol. The minimum atomic E-state index is -0.479. The molecule has 0 heterocycles. The quantitative estimate of drug-likeness (QED) is 0.504. The summed E-state index contributed by atoms with van der Waals surface area (Å²) in [6.07, 6.45) is 5.07. The first-order valence-corrected chi connectivity index (χ1v) is 7.70. The molecule has 1 aliphatic rings. The van der Waals surface area contributed by atoms with Gasteiger partial charge in [0.25, 0.3) is 0 Å². The normalized spacial score (nSPS) is 19.2. The molecule has 1 unspecified atom stereocenters. The van der Waals surface area contributed by atoms with Crippen LogP contribution in [0, 0.1) is 17.8 Å². The molecule has 1 saturated carbocycles. The maximum Gasteiger partial charge on any atom is 0.249 e. The van der Waals surface area contributed by atoms with E-state index >= 15 is 0 Å². The molecule has 0 aromatic rings. The second-order valence-electron chi connectivity index (χ2n) is 6.14. The summed E-state index contributed by atoms with van der Waals surface area (Å²) < 4.78 is 5.40. The molecule has 5 nitrogen and oxygen atoms in total. The topological polar surface area (TPSA) is 67.8 Å². The first-order chi connectivity index (χ1) is 9.52. The largest absolute Gasteiger partial charge is 0.396 e. The van der Waals surface area contributed by atoms with Crippen LogP contribution in [0.5, 0.6) is 0 Å². The van der Waals surface area contributed by atoms with E-state index in [2.05, 4.69) is 19.3 Å². The smallest absolute Gasteiger partial charge is 0.249 e. The highest BCUT2D eigenvalue weighted by atomic mass is 16.8. The minimum absolute atomic E-state index is 0.132. The predicted molar refractivity (Wildman–Crippen MR) is 76.6 cm³/mol. The van der Waals surface area contributed by atoms with Crippen molar-refractivity contribution in [2.24, 2.45) is 17.8 Å². The van der Waals surface area contributed by atoms with Crippen LogP contribution in [0.25, 0.3) is 0 Å². The molecule has 1 fully saturated rings. The zero-order valence-corrected chi connectivity index (χ0v) is 12.9. The highest BCUT2D eigenvalue weighted by Gasteiger charge is 2.25. The van der Waals surface area contributed by atoms with Crippen LogP contribution in [0.4, 0.5) is 0 Å². The maximum absolute atomic E-state index is 12.0. The molecule has 0 radical (unpaired) electrons. The molecule has 20 heavy (non-hydrogen) atoms. The van der Waals surface area contributed by atoms with Crippen molar-refractivity contribution in [2.75, 3.05) is 13.2 Å². The number of rotatable bonds is 9. The van der Waals surface area contributed by atoms with E-state index in [4.69, 9.17) is 9.57 Å². The summed E-state index contributed by atoms with van der Waals surface area (Å²) in [6.45, 7) is 6.30. The molecular weight excluding hydrogens is 258 g/mol. The van der Waals surface area contributed by atoms with Gasteiger partial charge in [0.2, 0.25) is 5.91 Å². The van der Waals surface area contributed by atoms with Gasteiger partial charge in [-0.25, -0.2) is 10.3 Å². The number of carbonyl (C=O) groups excluding carboxylic acids is 1. The van der Waals surface area contributed by atoms with Crippen LogP contribution in [-0.2, 0) is 14.4 Å². The monoisotopic (exact) mass is 287 g/mol. The van der Waals surface area contributed by atoms with Gasteiger partial charge in [0, 0.05) is 0 Å². The summed E-state index contributed by atoms with van der Waals surface area (Å²) >= 11 is 0. The van der Waals surface area contributed by atoms with Gasteiger partial charge in [0.1, 0.15) is 0 Å². The first kappa shape index (κ1) is 17.4. The van der Waals surface area contributed by atoms with Crippen molar-refractivity contribution in [1.82, 2.24) is 5.48 Å². The summed E-state index contributed by atoms with van der Waals surface area (Å²) in [6, 6.07) is 0. The van der Waals surface area contributed by atoms with E-state index < -0.39 is 6.29 Å². The van der Waals surface area contributed by atoms with E-state index in [1.54, 1.807) is 6.92 Å². The van der Waals surface area contributed by atoms with Gasteiger partial charge in [0.15, 0.2) is 6.29 Å². The van der Waals surface area contributed by atoms with Gasteiger partial charge in [-0.15, -0.1) is 0 Å². The Bertz CT molecular complexity index is 277. The third-order valence-electron chi connectivity index (χ3n) is 3.67. The van der Waals surface area contributed by atoms with E-state index in [-0.39, 0.29) is 18.4 Å². The van der Waals surface area contributed by atoms with Crippen LogP contribution in [0.3, 0.4) is 0 Å². The lowest BCUT2D eigenvalue weighted by atomic mass is 9.93. The van der Waals surface area contributed by atoms with Crippen molar-refractivity contribution in [1.29, 1.82) is 0 Å². The van der Waals surface area contributed by atoms with E-state index in [1.165, 1.54) is 25.7 Å². The SMILES string of the molecule is CC(C)COC(C)ONC(=O)[C@@H](CO)CC1CCCC1. The lowest BCUT2D eigenvalue weighted by molar-refractivity contribution is -0.186. The third kappa shape index (κ3) is 6.68. The maximum atomic E-state index is 12.0. The van der Waals surface area contributed by atoms with Gasteiger partial charge in [0.05, 0.1) is 19.1 Å². The summed E-state index contributed by atoms with van der Waals surface area (Å²) in [4.78, 5) is 17.1. The molecule has 1 amide bonds. The van der Waals surface area contributed by atoms with Crippen LogP contribution in [0.1, 0.15) is 52.9 Å². The number of hydroxylamine groups is 1. The number of carbonyl (C=O) groups is 1. The van der Waals surface area contributed by atoms with E-state index in [0.717, 1.165) is 6.42 Å². The Labute approximate surface area is 122 Å². The Morgan fingerprint density at radius 2 is 1.95 bits per heavy atom. The number of aliphatic hydroxyl groups is 1. The Balaban J connectivity index is 2.24. The van der Waals surface area contributed by atoms with E-state index in [0.29, 0.717) is 18.4 Å². The summed E-state index contributed by atoms with van der Waals surface area (Å²) in [5.74, 6) is 0.353. The molecule has 2 N–H and O–H groups in total.